The van der Waals surface area contributed by atoms with Crippen LogP contribution in [0.1, 0.15) is 16.1 Å². The van der Waals surface area contributed by atoms with Gasteiger partial charge in [0, 0.05) is 22.7 Å². The third-order valence-electron chi connectivity index (χ3n) is 2.24. The number of carbonyl (C=O) groups excluding carboxylic acids is 1. The zero-order chi connectivity index (χ0) is 12.3. The molecule has 2 rings (SSSR count). The van der Waals surface area contributed by atoms with Crippen LogP contribution < -0.4 is 5.32 Å². The molecular formula is C12H13N3OS. The van der Waals surface area contributed by atoms with Crippen LogP contribution in [0.15, 0.2) is 23.6 Å². The number of nitrogens with zero attached hydrogens (tertiary/aromatic N) is 1. The first-order valence-corrected chi connectivity index (χ1v) is 6.08. The summed E-state index contributed by atoms with van der Waals surface area (Å²) in [5.41, 5.74) is 2.09. The van der Waals surface area contributed by atoms with Crippen LogP contribution in [0.5, 0.6) is 0 Å². The Morgan fingerprint density at radius 3 is 2.94 bits per heavy atom. The molecule has 2 aromatic heterocycles. The quantitative estimate of drug-likeness (QED) is 0.819. The minimum Gasteiger partial charge on any atom is -0.306 e. The number of hydrogen-bond donors (Lipinski definition) is 2. The second-order valence-corrected chi connectivity index (χ2v) is 4.67. The summed E-state index contributed by atoms with van der Waals surface area (Å²) < 4.78 is 0. The molecule has 0 aliphatic heterocycles. The van der Waals surface area contributed by atoms with Gasteiger partial charge in [-0.05, 0) is 36.9 Å². The molecule has 0 bridgehead atoms. The Morgan fingerprint density at radius 1 is 1.53 bits per heavy atom. The first-order valence-electron chi connectivity index (χ1n) is 5.20. The Morgan fingerprint density at radius 2 is 2.35 bits per heavy atom. The molecule has 0 atom stereocenters. The molecule has 0 saturated heterocycles. The molecule has 4 nitrogen and oxygen atoms in total. The molecule has 2 N–H and O–H groups in total. The fraction of sp³-hybridized carbons (Fsp3) is 0.167. The van der Waals surface area contributed by atoms with Crippen LogP contribution in [0.2, 0.25) is 0 Å². The predicted octanol–water partition coefficient (Wildman–Crippen LogP) is 2.74. The maximum atomic E-state index is 11.6. The van der Waals surface area contributed by atoms with E-state index < -0.39 is 0 Å². The van der Waals surface area contributed by atoms with E-state index in [4.69, 9.17) is 0 Å². The number of amides is 1. The fourth-order valence-corrected chi connectivity index (χ4v) is 2.18. The smallest absolute Gasteiger partial charge is 0.249 e. The largest absolute Gasteiger partial charge is 0.306 e. The van der Waals surface area contributed by atoms with Gasteiger partial charge in [0.1, 0.15) is 0 Å². The van der Waals surface area contributed by atoms with Crippen molar-refractivity contribution in [2.24, 2.45) is 0 Å². The Kier molecular flexibility index (Phi) is 3.39. The fourth-order valence-electron chi connectivity index (χ4n) is 1.36. The van der Waals surface area contributed by atoms with Gasteiger partial charge in [0.25, 0.3) is 0 Å². The third-order valence-corrected chi connectivity index (χ3v) is 3.23. The average molecular weight is 247 g/mol. The average Bonchev–Trinajstić information content (AvgIpc) is 2.85. The molecule has 5 heteroatoms. The summed E-state index contributed by atoms with van der Waals surface area (Å²) in [6.45, 7) is 3.90. The normalized spacial score (nSPS) is 10.9. The van der Waals surface area contributed by atoms with Gasteiger partial charge in [-0.25, -0.2) is 0 Å². The second-order valence-electron chi connectivity index (χ2n) is 3.73. The van der Waals surface area contributed by atoms with Gasteiger partial charge in [0.15, 0.2) is 5.82 Å². The molecule has 0 aliphatic carbocycles. The molecule has 2 aromatic rings. The number of anilines is 1. The Labute approximate surface area is 103 Å². The summed E-state index contributed by atoms with van der Waals surface area (Å²) in [6, 6.07) is 3.81. The zero-order valence-electron chi connectivity index (χ0n) is 9.65. The van der Waals surface area contributed by atoms with Crippen molar-refractivity contribution in [3.05, 3.63) is 39.7 Å². The van der Waals surface area contributed by atoms with Crippen LogP contribution in [0, 0.1) is 13.8 Å². The minimum absolute atomic E-state index is 0.177. The van der Waals surface area contributed by atoms with Crippen LogP contribution in [-0.2, 0) is 4.79 Å². The Balaban J connectivity index is 1.98. The van der Waals surface area contributed by atoms with Crippen molar-refractivity contribution in [1.29, 1.82) is 0 Å². The van der Waals surface area contributed by atoms with Crippen LogP contribution >= 0.6 is 11.3 Å². The molecule has 0 radical (unpaired) electrons. The summed E-state index contributed by atoms with van der Waals surface area (Å²) in [7, 11) is 0. The molecule has 17 heavy (non-hydrogen) atoms. The summed E-state index contributed by atoms with van der Waals surface area (Å²) in [5.74, 6) is 0.365. The molecule has 0 unspecified atom stereocenters. The lowest BCUT2D eigenvalue weighted by Crippen LogP contribution is -2.07. The predicted molar refractivity (Wildman–Crippen MR) is 70.0 cm³/mol. The minimum atomic E-state index is -0.177. The van der Waals surface area contributed by atoms with Gasteiger partial charge >= 0.3 is 0 Å². The number of aromatic amines is 1. The molecule has 0 aromatic carbocycles. The second kappa shape index (κ2) is 4.97. The summed E-state index contributed by atoms with van der Waals surface area (Å²) in [5, 5.41) is 11.4. The molecule has 0 aliphatic rings. The summed E-state index contributed by atoms with van der Waals surface area (Å²) >= 11 is 1.61. The lowest BCUT2D eigenvalue weighted by atomic mass is 10.3. The van der Waals surface area contributed by atoms with Gasteiger partial charge in [-0.15, -0.1) is 11.3 Å². The van der Waals surface area contributed by atoms with Crippen molar-refractivity contribution in [3.63, 3.8) is 0 Å². The third kappa shape index (κ3) is 3.04. The topological polar surface area (TPSA) is 57.8 Å². The van der Waals surface area contributed by atoms with Gasteiger partial charge in [0.2, 0.25) is 5.91 Å². The number of thiophene rings is 1. The van der Waals surface area contributed by atoms with Gasteiger partial charge in [-0.1, -0.05) is 0 Å². The van der Waals surface area contributed by atoms with E-state index in [0.717, 1.165) is 10.6 Å². The van der Waals surface area contributed by atoms with E-state index in [-0.39, 0.29) is 5.91 Å². The van der Waals surface area contributed by atoms with E-state index in [9.17, 15) is 4.79 Å². The molecule has 0 spiro atoms. The van der Waals surface area contributed by atoms with Crippen molar-refractivity contribution < 1.29 is 4.79 Å². The molecular weight excluding hydrogens is 234 g/mol. The molecule has 1 amide bonds. The van der Waals surface area contributed by atoms with E-state index in [1.165, 1.54) is 11.6 Å². The maximum Gasteiger partial charge on any atom is 0.249 e. The van der Waals surface area contributed by atoms with Crippen molar-refractivity contribution in [2.45, 2.75) is 13.8 Å². The molecule has 0 saturated carbocycles. The van der Waals surface area contributed by atoms with Crippen molar-refractivity contribution in [1.82, 2.24) is 10.2 Å². The van der Waals surface area contributed by atoms with Crippen LogP contribution in [0.25, 0.3) is 6.08 Å². The number of hydrogen-bond acceptors (Lipinski definition) is 3. The van der Waals surface area contributed by atoms with Crippen molar-refractivity contribution in [3.8, 4) is 0 Å². The highest BCUT2D eigenvalue weighted by atomic mass is 32.1. The molecule has 2 heterocycles. The number of aromatic nitrogens is 2. The van der Waals surface area contributed by atoms with E-state index in [1.54, 1.807) is 17.4 Å². The maximum absolute atomic E-state index is 11.6. The summed E-state index contributed by atoms with van der Waals surface area (Å²) in [4.78, 5) is 12.7. The Bertz CT molecular complexity index is 554. The lowest BCUT2D eigenvalue weighted by Gasteiger charge is -1.95. The number of aryl methyl sites for hydroxylation is 2. The lowest BCUT2D eigenvalue weighted by molar-refractivity contribution is -0.111. The number of nitrogens with one attached hydrogen (secondary N) is 2. The molecule has 88 valence electrons. The van der Waals surface area contributed by atoms with Crippen LogP contribution in [0.4, 0.5) is 5.82 Å². The van der Waals surface area contributed by atoms with Gasteiger partial charge < -0.3 is 5.32 Å². The van der Waals surface area contributed by atoms with E-state index in [2.05, 4.69) is 15.5 Å². The summed E-state index contributed by atoms with van der Waals surface area (Å²) in [6.07, 6.45) is 3.33. The van der Waals surface area contributed by atoms with E-state index in [0.29, 0.717) is 5.82 Å². The SMILES string of the molecule is Cc1cc(NC(=O)/C=C/c2sccc2C)n[nH]1. The van der Waals surface area contributed by atoms with Gasteiger partial charge in [0.05, 0.1) is 0 Å². The first-order chi connectivity index (χ1) is 8.15. The van der Waals surface area contributed by atoms with Crippen molar-refractivity contribution >= 4 is 29.1 Å². The van der Waals surface area contributed by atoms with Gasteiger partial charge in [-0.2, -0.15) is 5.10 Å². The van der Waals surface area contributed by atoms with Crippen molar-refractivity contribution in [2.75, 3.05) is 5.32 Å². The standard InChI is InChI=1S/C12H13N3OS/c1-8-5-6-17-10(8)3-4-12(16)13-11-7-9(2)14-15-11/h3-7H,1-2H3,(H2,13,14,15,16)/b4-3+. The highest BCUT2D eigenvalue weighted by Gasteiger charge is 2.01. The van der Waals surface area contributed by atoms with Crippen LogP contribution in [-0.4, -0.2) is 16.1 Å². The highest BCUT2D eigenvalue weighted by Crippen LogP contribution is 2.17. The van der Waals surface area contributed by atoms with Gasteiger partial charge in [-0.3, -0.25) is 9.89 Å². The first kappa shape index (κ1) is 11.6. The monoisotopic (exact) mass is 247 g/mol. The van der Waals surface area contributed by atoms with E-state index in [1.807, 2.05) is 31.4 Å². The van der Waals surface area contributed by atoms with E-state index >= 15 is 0 Å². The van der Waals surface area contributed by atoms with Crippen LogP contribution in [0.3, 0.4) is 0 Å². The highest BCUT2D eigenvalue weighted by molar-refractivity contribution is 7.11. The Hall–Kier alpha value is -1.88. The molecule has 0 fully saturated rings. The zero-order valence-corrected chi connectivity index (χ0v) is 10.5. The number of H-pyrrole nitrogens is 1. The number of rotatable bonds is 3. The number of carbonyl (C=O) groups is 1.